The van der Waals surface area contributed by atoms with Crippen LogP contribution < -0.4 is 5.73 Å². The van der Waals surface area contributed by atoms with E-state index in [1.54, 1.807) is 0 Å². The predicted octanol–water partition coefficient (Wildman–Crippen LogP) is 1.81. The molecule has 2 nitrogen and oxygen atoms in total. The summed E-state index contributed by atoms with van der Waals surface area (Å²) < 4.78 is 25.7. The van der Waals surface area contributed by atoms with Crippen molar-refractivity contribution < 1.29 is 13.9 Å². The van der Waals surface area contributed by atoms with Crippen molar-refractivity contribution in [1.29, 1.82) is 0 Å². The zero-order chi connectivity index (χ0) is 10.7. The van der Waals surface area contributed by atoms with Crippen molar-refractivity contribution >= 4 is 0 Å². The van der Waals surface area contributed by atoms with Gasteiger partial charge in [0.15, 0.2) is 11.6 Å². The van der Waals surface area contributed by atoms with E-state index < -0.39 is 17.4 Å². The number of aromatic hydroxyl groups is 1. The van der Waals surface area contributed by atoms with Crippen molar-refractivity contribution in [3.8, 4) is 5.75 Å². The second-order valence-corrected chi connectivity index (χ2v) is 3.44. The molecule has 0 aliphatic rings. The maximum absolute atomic E-state index is 12.9. The van der Waals surface area contributed by atoms with Gasteiger partial charge in [-0.05, 0) is 24.9 Å². The second-order valence-electron chi connectivity index (χ2n) is 3.44. The van der Waals surface area contributed by atoms with E-state index in [-0.39, 0.29) is 11.5 Å². The largest absolute Gasteiger partial charge is 0.505 e. The molecule has 1 atom stereocenters. The van der Waals surface area contributed by atoms with E-state index in [0.717, 1.165) is 6.07 Å². The first-order chi connectivity index (χ1) is 6.54. The summed E-state index contributed by atoms with van der Waals surface area (Å²) in [5.41, 5.74) is 5.64. The summed E-state index contributed by atoms with van der Waals surface area (Å²) in [7, 11) is 0. The fraction of sp³-hybridized carbons (Fsp3) is 0.400. The van der Waals surface area contributed by atoms with Gasteiger partial charge in [0, 0.05) is 11.6 Å². The first-order valence-electron chi connectivity index (χ1n) is 4.41. The molecule has 0 spiro atoms. The molecular formula is C10H13F2NO. The van der Waals surface area contributed by atoms with Gasteiger partial charge in [-0.15, -0.1) is 0 Å². The lowest BCUT2D eigenvalue weighted by molar-refractivity contribution is 0.415. The summed E-state index contributed by atoms with van der Waals surface area (Å²) in [6.45, 7) is 2.26. The fourth-order valence-electron chi connectivity index (χ4n) is 1.23. The van der Waals surface area contributed by atoms with E-state index in [2.05, 4.69) is 0 Å². The van der Waals surface area contributed by atoms with E-state index >= 15 is 0 Å². The molecule has 0 aliphatic heterocycles. The Morgan fingerprint density at radius 3 is 2.64 bits per heavy atom. The number of phenols is 1. The van der Waals surface area contributed by atoms with Gasteiger partial charge in [-0.2, -0.15) is 0 Å². The number of hydrogen-bond donors (Lipinski definition) is 2. The van der Waals surface area contributed by atoms with Gasteiger partial charge in [0.2, 0.25) is 0 Å². The highest BCUT2D eigenvalue weighted by molar-refractivity contribution is 5.34. The Kier molecular flexibility index (Phi) is 3.41. The second kappa shape index (κ2) is 4.37. The number of hydrogen-bond acceptors (Lipinski definition) is 2. The Bertz CT molecular complexity index is 328. The van der Waals surface area contributed by atoms with Gasteiger partial charge in [-0.1, -0.05) is 6.92 Å². The molecule has 4 heteroatoms. The monoisotopic (exact) mass is 201 g/mol. The molecule has 0 amide bonds. The molecule has 1 unspecified atom stereocenters. The van der Waals surface area contributed by atoms with Crippen LogP contribution in [0.4, 0.5) is 8.78 Å². The van der Waals surface area contributed by atoms with Gasteiger partial charge in [0.1, 0.15) is 5.82 Å². The van der Waals surface area contributed by atoms with E-state index in [0.29, 0.717) is 19.0 Å². The van der Waals surface area contributed by atoms with Gasteiger partial charge >= 0.3 is 0 Å². The van der Waals surface area contributed by atoms with Crippen molar-refractivity contribution in [3.05, 3.63) is 29.3 Å². The van der Waals surface area contributed by atoms with Gasteiger partial charge in [0.05, 0.1) is 0 Å². The molecule has 3 N–H and O–H groups in total. The molecule has 0 saturated carbocycles. The molecule has 0 radical (unpaired) electrons. The van der Waals surface area contributed by atoms with Crippen LogP contribution in [0, 0.1) is 17.6 Å². The topological polar surface area (TPSA) is 46.2 Å². The lowest BCUT2D eigenvalue weighted by atomic mass is 10.0. The molecule has 14 heavy (non-hydrogen) atoms. The Labute approximate surface area is 81.4 Å². The molecule has 78 valence electrons. The van der Waals surface area contributed by atoms with Crippen LogP contribution in [0.15, 0.2) is 12.1 Å². The van der Waals surface area contributed by atoms with Crippen molar-refractivity contribution in [3.63, 3.8) is 0 Å². The average Bonchev–Trinajstić information content (AvgIpc) is 2.13. The lowest BCUT2D eigenvalue weighted by Gasteiger charge is -2.10. The van der Waals surface area contributed by atoms with Crippen molar-refractivity contribution in [2.24, 2.45) is 11.7 Å². The Morgan fingerprint density at radius 2 is 2.07 bits per heavy atom. The smallest absolute Gasteiger partial charge is 0.168 e. The zero-order valence-corrected chi connectivity index (χ0v) is 7.93. The summed E-state index contributed by atoms with van der Waals surface area (Å²) in [6, 6.07) is 1.79. The van der Waals surface area contributed by atoms with Crippen LogP contribution in [0.25, 0.3) is 0 Å². The molecule has 0 saturated heterocycles. The molecule has 0 fully saturated rings. The van der Waals surface area contributed by atoms with Crippen molar-refractivity contribution in [2.75, 3.05) is 6.54 Å². The van der Waals surface area contributed by atoms with Crippen LogP contribution in [0.5, 0.6) is 5.75 Å². The normalized spacial score (nSPS) is 12.9. The quantitative estimate of drug-likeness (QED) is 0.783. The SMILES string of the molecule is CC(CN)Cc1cc(F)cc(F)c1O. The molecule has 0 aromatic heterocycles. The molecule has 0 bridgehead atoms. The first-order valence-corrected chi connectivity index (χ1v) is 4.41. The number of phenolic OH excluding ortho intramolecular Hbond substituents is 1. The Morgan fingerprint density at radius 1 is 1.43 bits per heavy atom. The van der Waals surface area contributed by atoms with Crippen LogP contribution in [0.3, 0.4) is 0 Å². The number of nitrogens with two attached hydrogens (primary N) is 1. The van der Waals surface area contributed by atoms with Gasteiger partial charge in [0.25, 0.3) is 0 Å². The highest BCUT2D eigenvalue weighted by Gasteiger charge is 2.12. The van der Waals surface area contributed by atoms with Crippen LogP contribution in [0.1, 0.15) is 12.5 Å². The van der Waals surface area contributed by atoms with Gasteiger partial charge in [-0.3, -0.25) is 0 Å². The third kappa shape index (κ3) is 2.42. The molecule has 1 aromatic rings. The maximum Gasteiger partial charge on any atom is 0.168 e. The minimum atomic E-state index is -0.927. The van der Waals surface area contributed by atoms with E-state index in [9.17, 15) is 13.9 Å². The molecule has 0 aliphatic carbocycles. The minimum absolute atomic E-state index is 0.0853. The highest BCUT2D eigenvalue weighted by atomic mass is 19.1. The van der Waals surface area contributed by atoms with Crippen LogP contribution in [-0.4, -0.2) is 11.7 Å². The minimum Gasteiger partial charge on any atom is -0.505 e. The highest BCUT2D eigenvalue weighted by Crippen LogP contribution is 2.24. The van der Waals surface area contributed by atoms with E-state index in [4.69, 9.17) is 5.73 Å². The van der Waals surface area contributed by atoms with Crippen LogP contribution >= 0.6 is 0 Å². The molecule has 0 heterocycles. The molecule has 1 aromatic carbocycles. The number of benzene rings is 1. The summed E-state index contributed by atoms with van der Waals surface area (Å²) >= 11 is 0. The van der Waals surface area contributed by atoms with Crippen LogP contribution in [-0.2, 0) is 6.42 Å². The number of halogens is 2. The van der Waals surface area contributed by atoms with Crippen molar-refractivity contribution in [2.45, 2.75) is 13.3 Å². The standard InChI is InChI=1S/C10H13F2NO/c1-6(5-13)2-7-3-8(11)4-9(12)10(7)14/h3-4,6,14H,2,5,13H2,1H3. The van der Waals surface area contributed by atoms with E-state index in [1.165, 1.54) is 0 Å². The maximum atomic E-state index is 12.9. The zero-order valence-electron chi connectivity index (χ0n) is 7.93. The Hall–Kier alpha value is -1.16. The number of rotatable bonds is 3. The summed E-state index contributed by atoms with van der Waals surface area (Å²) in [4.78, 5) is 0. The summed E-state index contributed by atoms with van der Waals surface area (Å²) in [5.74, 6) is -2.00. The fourth-order valence-corrected chi connectivity index (χ4v) is 1.23. The Balaban J connectivity index is 2.96. The van der Waals surface area contributed by atoms with Crippen molar-refractivity contribution in [1.82, 2.24) is 0 Å². The molecule has 1 rings (SSSR count). The predicted molar refractivity (Wildman–Crippen MR) is 49.9 cm³/mol. The van der Waals surface area contributed by atoms with Gasteiger partial charge in [-0.25, -0.2) is 8.78 Å². The lowest BCUT2D eigenvalue weighted by Crippen LogP contribution is -2.13. The summed E-state index contributed by atoms with van der Waals surface area (Å²) in [5, 5.41) is 9.28. The van der Waals surface area contributed by atoms with Gasteiger partial charge < -0.3 is 10.8 Å². The third-order valence-electron chi connectivity index (χ3n) is 2.08. The van der Waals surface area contributed by atoms with Crippen LogP contribution in [0.2, 0.25) is 0 Å². The first kappa shape index (κ1) is 10.9. The van der Waals surface area contributed by atoms with E-state index in [1.807, 2.05) is 6.92 Å². The average molecular weight is 201 g/mol. The third-order valence-corrected chi connectivity index (χ3v) is 2.08. The molecular weight excluding hydrogens is 188 g/mol. The summed E-state index contributed by atoms with van der Waals surface area (Å²) in [6.07, 6.45) is 0.372.